The Hall–Kier alpha value is -5.98. The number of aromatic nitrogens is 3. The second kappa shape index (κ2) is 14.8. The molecule has 0 saturated heterocycles. The van der Waals surface area contributed by atoms with Gasteiger partial charge in [-0.25, -0.2) is 9.48 Å². The highest BCUT2D eigenvalue weighted by molar-refractivity contribution is 5.93. The molecule has 13 heteroatoms. The number of ether oxygens (including phenoxy) is 6. The molecule has 0 fully saturated rings. The van der Waals surface area contributed by atoms with E-state index in [-0.39, 0.29) is 24.7 Å². The van der Waals surface area contributed by atoms with E-state index in [4.69, 9.17) is 28.4 Å². The molecule has 0 radical (unpaired) electrons. The summed E-state index contributed by atoms with van der Waals surface area (Å²) in [5.41, 5.74) is 1.58. The molecule has 0 aliphatic heterocycles. The number of fused-ring (bicyclic) bond motifs is 1. The van der Waals surface area contributed by atoms with Gasteiger partial charge >= 0.3 is 6.09 Å². The minimum atomic E-state index is -0.697. The fourth-order valence-electron chi connectivity index (χ4n) is 4.97. The highest BCUT2D eigenvalue weighted by Crippen LogP contribution is 2.37. The Balaban J connectivity index is 1.31. The largest absolute Gasteiger partial charge is 0.493 e. The molecule has 2 aromatic heterocycles. The molecule has 13 nitrogen and oxygen atoms in total. The molecule has 0 saturated carbocycles. The number of nitrogens with zero attached hydrogens (tertiary/aromatic N) is 3. The van der Waals surface area contributed by atoms with Gasteiger partial charge in [-0.05, 0) is 68.3 Å². The molecule has 2 N–H and O–H groups in total. The number of hydrogen-bond acceptors (Lipinski definition) is 10. The Labute approximate surface area is 284 Å². The van der Waals surface area contributed by atoms with Crippen molar-refractivity contribution in [1.82, 2.24) is 14.8 Å². The number of benzene rings is 3. The Kier molecular flexibility index (Phi) is 10.4. The zero-order valence-electron chi connectivity index (χ0n) is 28.5. The number of pyridine rings is 1. The summed E-state index contributed by atoms with van der Waals surface area (Å²) in [6.07, 6.45) is 1.07. The highest BCUT2D eigenvalue weighted by atomic mass is 16.6. The summed E-state index contributed by atoms with van der Waals surface area (Å²) in [6, 6.07) is 19.6. The zero-order valence-corrected chi connectivity index (χ0v) is 28.5. The van der Waals surface area contributed by atoms with E-state index >= 15 is 0 Å². The van der Waals surface area contributed by atoms with Crippen LogP contribution in [0.15, 0.2) is 72.9 Å². The first-order valence-corrected chi connectivity index (χ1v) is 15.3. The van der Waals surface area contributed by atoms with Crippen molar-refractivity contribution in [2.45, 2.75) is 39.3 Å². The van der Waals surface area contributed by atoms with Gasteiger partial charge in [0.05, 0.1) is 46.9 Å². The first-order valence-electron chi connectivity index (χ1n) is 15.3. The second-order valence-corrected chi connectivity index (χ2v) is 11.9. The average molecular weight is 670 g/mol. The molecule has 256 valence electrons. The summed E-state index contributed by atoms with van der Waals surface area (Å²) in [5.74, 6) is 3.75. The minimum absolute atomic E-state index is 0.0752. The zero-order chi connectivity index (χ0) is 35.1. The number of nitrogens with one attached hydrogen (secondary N) is 2. The van der Waals surface area contributed by atoms with E-state index in [1.807, 2.05) is 30.3 Å². The molecule has 0 aliphatic rings. The van der Waals surface area contributed by atoms with Gasteiger partial charge in [-0.3, -0.25) is 15.1 Å². The summed E-state index contributed by atoms with van der Waals surface area (Å²) in [6.45, 7) is 5.56. The Morgan fingerprint density at radius 2 is 1.39 bits per heavy atom. The molecule has 0 spiro atoms. The van der Waals surface area contributed by atoms with Gasteiger partial charge < -0.3 is 33.7 Å². The van der Waals surface area contributed by atoms with Crippen LogP contribution in [0.5, 0.6) is 34.5 Å². The summed E-state index contributed by atoms with van der Waals surface area (Å²) in [5, 5.41) is 10.8. The molecular weight excluding hydrogens is 630 g/mol. The van der Waals surface area contributed by atoms with Crippen molar-refractivity contribution >= 4 is 34.5 Å². The molecule has 49 heavy (non-hydrogen) atoms. The maximum absolute atomic E-state index is 13.3. The smallest absolute Gasteiger partial charge is 0.413 e. The second-order valence-electron chi connectivity index (χ2n) is 11.9. The molecule has 0 atom stereocenters. The van der Waals surface area contributed by atoms with Crippen molar-refractivity contribution in [3.05, 3.63) is 84.1 Å². The number of carbonyl (C=O) groups excluding carboxylic acids is 2. The molecule has 0 aliphatic carbocycles. The summed E-state index contributed by atoms with van der Waals surface area (Å²) in [7, 11) is 6.26. The normalized spacial score (nSPS) is 11.1. The average Bonchev–Trinajstić information content (AvgIpc) is 3.43. The number of rotatable bonds is 12. The molecule has 5 aromatic rings. The van der Waals surface area contributed by atoms with Crippen molar-refractivity contribution < 1.29 is 38.0 Å². The lowest BCUT2D eigenvalue weighted by atomic mass is 10.1. The van der Waals surface area contributed by atoms with Crippen molar-refractivity contribution in [1.29, 1.82) is 0 Å². The van der Waals surface area contributed by atoms with Crippen LogP contribution in [0.4, 0.5) is 16.4 Å². The first kappa shape index (κ1) is 34.4. The molecular formula is C36H39N5O8. The molecule has 2 amide bonds. The Morgan fingerprint density at radius 3 is 2.06 bits per heavy atom. The van der Waals surface area contributed by atoms with Crippen LogP contribution < -0.4 is 34.3 Å². The van der Waals surface area contributed by atoms with Gasteiger partial charge in [0.15, 0.2) is 28.8 Å². The van der Waals surface area contributed by atoms with Crippen LogP contribution in [0.1, 0.15) is 31.9 Å². The van der Waals surface area contributed by atoms with Crippen molar-refractivity contribution in [3.8, 4) is 34.5 Å². The number of anilines is 2. The topological polar surface area (TPSA) is 144 Å². The number of carbonyl (C=O) groups is 2. The molecule has 2 heterocycles. The summed E-state index contributed by atoms with van der Waals surface area (Å²) < 4.78 is 34.8. The summed E-state index contributed by atoms with van der Waals surface area (Å²) >= 11 is 0. The predicted molar refractivity (Wildman–Crippen MR) is 184 cm³/mol. The fraction of sp³-hybridized carbons (Fsp3) is 0.278. The third-order valence-electron chi connectivity index (χ3n) is 7.18. The number of hydrogen-bond donors (Lipinski definition) is 2. The van der Waals surface area contributed by atoms with Gasteiger partial charge in [-0.1, -0.05) is 18.2 Å². The molecule has 0 bridgehead atoms. The Bertz CT molecular complexity index is 1950. The van der Waals surface area contributed by atoms with Crippen LogP contribution in [-0.4, -0.2) is 60.8 Å². The van der Waals surface area contributed by atoms with Crippen LogP contribution in [-0.2, 0) is 22.5 Å². The fourth-order valence-corrected chi connectivity index (χ4v) is 4.97. The van der Waals surface area contributed by atoms with Gasteiger partial charge in [0.2, 0.25) is 5.91 Å². The van der Waals surface area contributed by atoms with Crippen molar-refractivity contribution in [2.75, 3.05) is 39.1 Å². The van der Waals surface area contributed by atoms with Crippen LogP contribution in [0, 0.1) is 0 Å². The molecule has 0 unspecified atom stereocenters. The highest BCUT2D eigenvalue weighted by Gasteiger charge is 2.20. The van der Waals surface area contributed by atoms with E-state index in [1.165, 1.54) is 0 Å². The van der Waals surface area contributed by atoms with Crippen LogP contribution in [0.2, 0.25) is 0 Å². The maximum atomic E-state index is 13.3. The molecule has 3 aromatic carbocycles. The van der Waals surface area contributed by atoms with E-state index < -0.39 is 11.7 Å². The van der Waals surface area contributed by atoms with Gasteiger partial charge in [-0.2, -0.15) is 5.10 Å². The lowest BCUT2D eigenvalue weighted by Gasteiger charge is -2.19. The van der Waals surface area contributed by atoms with Crippen molar-refractivity contribution in [2.24, 2.45) is 0 Å². The van der Waals surface area contributed by atoms with E-state index in [0.29, 0.717) is 45.8 Å². The van der Waals surface area contributed by atoms with Crippen LogP contribution >= 0.6 is 0 Å². The quantitative estimate of drug-likeness (QED) is 0.145. The lowest BCUT2D eigenvalue weighted by Crippen LogP contribution is -2.27. The van der Waals surface area contributed by atoms with Gasteiger partial charge in [-0.15, -0.1) is 0 Å². The minimum Gasteiger partial charge on any atom is -0.493 e. The van der Waals surface area contributed by atoms with E-state index in [2.05, 4.69) is 20.7 Å². The first-order chi connectivity index (χ1) is 23.5. The van der Waals surface area contributed by atoms with E-state index in [1.54, 1.807) is 96.5 Å². The summed E-state index contributed by atoms with van der Waals surface area (Å²) in [4.78, 5) is 30.1. The number of methoxy groups -OCH3 is 4. The van der Waals surface area contributed by atoms with Gasteiger partial charge in [0.25, 0.3) is 0 Å². The van der Waals surface area contributed by atoms with Crippen molar-refractivity contribution in [3.63, 3.8) is 0 Å². The maximum Gasteiger partial charge on any atom is 0.413 e. The predicted octanol–water partition coefficient (Wildman–Crippen LogP) is 6.83. The Morgan fingerprint density at radius 1 is 0.735 bits per heavy atom. The van der Waals surface area contributed by atoms with Gasteiger partial charge in [0, 0.05) is 23.7 Å². The van der Waals surface area contributed by atoms with Crippen LogP contribution in [0.3, 0.4) is 0 Å². The number of amides is 2. The van der Waals surface area contributed by atoms with E-state index in [0.717, 1.165) is 16.5 Å². The third-order valence-corrected chi connectivity index (χ3v) is 7.18. The van der Waals surface area contributed by atoms with Crippen LogP contribution in [0.25, 0.3) is 10.9 Å². The third kappa shape index (κ3) is 8.69. The monoisotopic (exact) mass is 669 g/mol. The molecule has 5 rings (SSSR count). The lowest BCUT2D eigenvalue weighted by molar-refractivity contribution is -0.115. The SMILES string of the molecule is COc1ccc(Cn2nc(NC(=O)OC(C)(C)C)cc2NC(=O)Cc2ccc(Oc3ccnc4cc(OC)c(OC)cc34)cc2)cc1OC. The van der Waals surface area contributed by atoms with E-state index in [9.17, 15) is 9.59 Å². The van der Waals surface area contributed by atoms with Gasteiger partial charge in [0.1, 0.15) is 22.9 Å². The standard InChI is InChI=1S/C36H39N5O8/c1-36(2,3)49-35(43)38-32-20-33(41(40-32)21-23-10-13-28(44-4)29(16-23)45-5)39-34(42)17-22-8-11-24(12-9-22)48-27-14-15-37-26-19-31(47-7)30(46-6)18-25(26)27/h8-16,18-20H,17,21H2,1-7H3,(H,39,42)(H,38,40,43).